The Hall–Kier alpha value is -3.40. The Balaban J connectivity index is 1.67. The minimum atomic E-state index is -3.30. The second kappa shape index (κ2) is 6.40. The quantitative estimate of drug-likeness (QED) is 0.539. The summed E-state index contributed by atoms with van der Waals surface area (Å²) < 4.78 is 32.3. The molecule has 9 nitrogen and oxygen atoms in total. The molecule has 4 aromatic rings. The number of nitrogens with two attached hydrogens (primary N) is 1. The van der Waals surface area contributed by atoms with Gasteiger partial charge < -0.3 is 14.7 Å². The van der Waals surface area contributed by atoms with E-state index in [-0.39, 0.29) is 5.95 Å². The summed E-state index contributed by atoms with van der Waals surface area (Å²) in [6.07, 6.45) is 4.33. The normalized spacial score (nSPS) is 11.7. The first-order chi connectivity index (χ1) is 12.9. The van der Waals surface area contributed by atoms with Crippen LogP contribution in [0.3, 0.4) is 0 Å². The summed E-state index contributed by atoms with van der Waals surface area (Å²) in [6, 6.07) is 10.6. The number of rotatable bonds is 5. The molecule has 27 heavy (non-hydrogen) atoms. The lowest BCUT2D eigenvalue weighted by Crippen LogP contribution is -2.09. The van der Waals surface area contributed by atoms with Gasteiger partial charge in [0.25, 0.3) is 0 Å². The molecule has 0 saturated heterocycles. The van der Waals surface area contributed by atoms with Crippen LogP contribution in [0, 0.1) is 0 Å². The van der Waals surface area contributed by atoms with E-state index in [2.05, 4.69) is 19.7 Å². The molecular weight excluding hydrogens is 368 g/mol. The lowest BCUT2D eigenvalue weighted by atomic mass is 10.2. The van der Waals surface area contributed by atoms with Crippen LogP contribution >= 0.6 is 0 Å². The van der Waals surface area contributed by atoms with E-state index in [0.717, 1.165) is 11.8 Å². The molecule has 3 N–H and O–H groups in total. The first-order valence-corrected chi connectivity index (χ1v) is 9.87. The van der Waals surface area contributed by atoms with Crippen molar-refractivity contribution in [2.45, 2.75) is 6.54 Å². The smallest absolute Gasteiger partial charge is 0.229 e. The van der Waals surface area contributed by atoms with Crippen molar-refractivity contribution < 1.29 is 12.8 Å². The molecule has 1 aromatic carbocycles. The second-order valence-corrected chi connectivity index (χ2v) is 7.77. The molecule has 0 unspecified atom stereocenters. The zero-order chi connectivity index (χ0) is 19.0. The number of anilines is 2. The molecule has 0 aliphatic carbocycles. The van der Waals surface area contributed by atoms with Crippen LogP contribution in [0.2, 0.25) is 0 Å². The van der Waals surface area contributed by atoms with Crippen LogP contribution in [0.1, 0.15) is 5.56 Å². The van der Waals surface area contributed by atoms with Crippen molar-refractivity contribution in [1.29, 1.82) is 0 Å². The molecule has 138 valence electrons. The van der Waals surface area contributed by atoms with Crippen LogP contribution in [0.25, 0.3) is 22.6 Å². The van der Waals surface area contributed by atoms with Crippen molar-refractivity contribution in [2.24, 2.45) is 0 Å². The van der Waals surface area contributed by atoms with E-state index < -0.39 is 10.0 Å². The summed E-state index contributed by atoms with van der Waals surface area (Å²) in [5.74, 6) is 0.693. The van der Waals surface area contributed by atoms with Crippen LogP contribution in [-0.2, 0) is 16.6 Å². The van der Waals surface area contributed by atoms with Gasteiger partial charge in [0.1, 0.15) is 11.2 Å². The highest BCUT2D eigenvalue weighted by atomic mass is 32.2. The first kappa shape index (κ1) is 17.0. The Morgan fingerprint density at radius 2 is 1.96 bits per heavy atom. The maximum Gasteiger partial charge on any atom is 0.229 e. The molecule has 0 fully saturated rings. The number of aromatic nitrogens is 4. The Morgan fingerprint density at radius 3 is 2.63 bits per heavy atom. The van der Waals surface area contributed by atoms with Crippen molar-refractivity contribution in [3.63, 3.8) is 0 Å². The number of hydrogen-bond donors (Lipinski definition) is 2. The van der Waals surface area contributed by atoms with Gasteiger partial charge in [-0.3, -0.25) is 4.72 Å². The van der Waals surface area contributed by atoms with E-state index >= 15 is 0 Å². The summed E-state index contributed by atoms with van der Waals surface area (Å²) >= 11 is 0. The third kappa shape index (κ3) is 3.60. The van der Waals surface area contributed by atoms with Gasteiger partial charge in [-0.15, -0.1) is 0 Å². The Labute approximate surface area is 154 Å². The van der Waals surface area contributed by atoms with E-state index in [1.807, 2.05) is 16.7 Å². The fraction of sp³-hybridized carbons (Fsp3) is 0.118. The molecule has 10 heteroatoms. The highest BCUT2D eigenvalue weighted by Crippen LogP contribution is 2.26. The summed E-state index contributed by atoms with van der Waals surface area (Å²) in [5.41, 5.74) is 9.03. The third-order valence-electron chi connectivity index (χ3n) is 3.85. The molecular formula is C17H16N6O3S. The zero-order valence-electron chi connectivity index (χ0n) is 14.3. The number of sulfonamides is 1. The number of nitrogens with zero attached hydrogens (tertiary/aromatic N) is 4. The lowest BCUT2D eigenvalue weighted by Gasteiger charge is -2.07. The zero-order valence-corrected chi connectivity index (χ0v) is 15.1. The number of imidazole rings is 1. The fourth-order valence-corrected chi connectivity index (χ4v) is 3.32. The summed E-state index contributed by atoms with van der Waals surface area (Å²) in [7, 11) is -3.30. The average molecular weight is 384 g/mol. The summed E-state index contributed by atoms with van der Waals surface area (Å²) in [4.78, 5) is 13.0. The number of fused-ring (bicyclic) bond motifs is 1. The highest BCUT2D eigenvalue weighted by Gasteiger charge is 2.16. The number of furan rings is 1. The van der Waals surface area contributed by atoms with Gasteiger partial charge >= 0.3 is 0 Å². The van der Waals surface area contributed by atoms with Crippen LogP contribution < -0.4 is 10.5 Å². The molecule has 3 aromatic heterocycles. The molecule has 0 atom stereocenters. The maximum atomic E-state index is 11.3. The molecule has 0 aliphatic rings. The molecule has 0 spiro atoms. The van der Waals surface area contributed by atoms with Gasteiger partial charge in [0.05, 0.1) is 25.4 Å². The first-order valence-electron chi connectivity index (χ1n) is 7.98. The van der Waals surface area contributed by atoms with Gasteiger partial charge in [-0.25, -0.2) is 18.4 Å². The van der Waals surface area contributed by atoms with Gasteiger partial charge in [0.15, 0.2) is 11.4 Å². The van der Waals surface area contributed by atoms with E-state index in [1.165, 1.54) is 0 Å². The Kier molecular flexibility index (Phi) is 4.04. The minimum Gasteiger partial charge on any atom is -0.463 e. The third-order valence-corrected chi connectivity index (χ3v) is 4.45. The van der Waals surface area contributed by atoms with Gasteiger partial charge in [-0.2, -0.15) is 4.98 Å². The predicted octanol–water partition coefficient (Wildman–Crippen LogP) is 2.09. The van der Waals surface area contributed by atoms with Gasteiger partial charge in [-0.1, -0.05) is 12.1 Å². The van der Waals surface area contributed by atoms with Crippen LogP contribution in [0.4, 0.5) is 11.6 Å². The van der Waals surface area contributed by atoms with Gasteiger partial charge in [0.2, 0.25) is 16.0 Å². The Morgan fingerprint density at radius 1 is 1.19 bits per heavy atom. The minimum absolute atomic E-state index is 0.128. The van der Waals surface area contributed by atoms with Crippen LogP contribution in [0.15, 0.2) is 53.4 Å². The second-order valence-electron chi connectivity index (χ2n) is 6.02. The van der Waals surface area contributed by atoms with Crippen molar-refractivity contribution in [3.8, 4) is 11.5 Å². The van der Waals surface area contributed by atoms with Crippen molar-refractivity contribution in [1.82, 2.24) is 19.5 Å². The Bertz CT molecular complexity index is 1200. The molecule has 3 heterocycles. The van der Waals surface area contributed by atoms with Gasteiger partial charge in [-0.05, 0) is 29.8 Å². The number of nitrogen functional groups attached to an aromatic ring is 1. The topological polar surface area (TPSA) is 129 Å². The molecule has 0 radical (unpaired) electrons. The monoisotopic (exact) mass is 384 g/mol. The van der Waals surface area contributed by atoms with E-state index in [1.54, 1.807) is 36.9 Å². The number of benzene rings is 1. The fourth-order valence-electron chi connectivity index (χ4n) is 2.75. The number of hydrogen-bond acceptors (Lipinski definition) is 7. The van der Waals surface area contributed by atoms with Crippen LogP contribution in [-0.4, -0.2) is 34.2 Å². The molecule has 0 amide bonds. The van der Waals surface area contributed by atoms with Gasteiger partial charge in [0, 0.05) is 5.69 Å². The lowest BCUT2D eigenvalue weighted by molar-refractivity contribution is 0.580. The molecule has 0 aliphatic heterocycles. The van der Waals surface area contributed by atoms with E-state index in [0.29, 0.717) is 34.9 Å². The largest absolute Gasteiger partial charge is 0.463 e. The SMILES string of the molecule is CS(=O)(=O)Nc1ccc(Cn2cnc3c(-c4ccco4)nc(N)nc32)cc1. The standard InChI is InChI=1S/C17H16N6O3S/c1-27(24,25)22-12-6-4-11(5-7-12)9-23-10-19-15-14(13-3-2-8-26-13)20-17(18)21-16(15)23/h2-8,10,22H,9H2,1H3,(H2,18,20,21). The molecule has 0 saturated carbocycles. The average Bonchev–Trinajstić information content (AvgIpc) is 3.25. The van der Waals surface area contributed by atoms with Crippen molar-refractivity contribution in [2.75, 3.05) is 16.7 Å². The van der Waals surface area contributed by atoms with Crippen molar-refractivity contribution in [3.05, 3.63) is 54.6 Å². The van der Waals surface area contributed by atoms with Crippen LogP contribution in [0.5, 0.6) is 0 Å². The summed E-state index contributed by atoms with van der Waals surface area (Å²) in [5, 5.41) is 0. The van der Waals surface area contributed by atoms with E-state index in [9.17, 15) is 8.42 Å². The van der Waals surface area contributed by atoms with Crippen molar-refractivity contribution >= 4 is 32.8 Å². The predicted molar refractivity (Wildman–Crippen MR) is 101 cm³/mol. The maximum absolute atomic E-state index is 11.3. The summed E-state index contributed by atoms with van der Waals surface area (Å²) in [6.45, 7) is 0.490. The van der Waals surface area contributed by atoms with E-state index in [4.69, 9.17) is 10.2 Å². The molecule has 0 bridgehead atoms. The molecule has 4 rings (SSSR count). The highest BCUT2D eigenvalue weighted by molar-refractivity contribution is 7.92. The number of nitrogens with one attached hydrogen (secondary N) is 1.